The first-order valence-electron chi connectivity index (χ1n) is 7.90. The van der Waals surface area contributed by atoms with Crippen LogP contribution in [0.3, 0.4) is 0 Å². The molecule has 0 spiro atoms. The van der Waals surface area contributed by atoms with E-state index in [1.165, 1.54) is 0 Å². The number of nitrogens with one attached hydrogen (secondary N) is 1. The zero-order chi connectivity index (χ0) is 15.8. The van der Waals surface area contributed by atoms with E-state index in [2.05, 4.69) is 34.7 Å². The Morgan fingerprint density at radius 1 is 1.43 bits per heavy atom. The molecule has 1 aliphatic heterocycles. The van der Waals surface area contributed by atoms with Gasteiger partial charge in [-0.15, -0.1) is 0 Å². The molecule has 5 nitrogen and oxygen atoms in total. The van der Waals surface area contributed by atoms with Gasteiger partial charge in [-0.2, -0.15) is 12.6 Å². The number of likely N-dealkylation sites (tertiary alicyclic amines) is 1. The van der Waals surface area contributed by atoms with Crippen molar-refractivity contribution in [3.8, 4) is 0 Å². The second kappa shape index (κ2) is 9.66. The van der Waals surface area contributed by atoms with Gasteiger partial charge in [0, 0.05) is 38.0 Å². The number of hydrogen-bond acceptors (Lipinski definition) is 5. The Balaban J connectivity index is 2.10. The summed E-state index contributed by atoms with van der Waals surface area (Å²) in [7, 11) is 2.05. The van der Waals surface area contributed by atoms with Crippen molar-refractivity contribution in [3.05, 3.63) is 0 Å². The standard InChI is InChI=1S/C15H31N3O2S/c1-12(2)20-10-9-17(4)8-6-16-15(19)14-5-7-18(14)11-13(3)21/h12-14,21H,5-11H2,1-4H3,(H,16,19). The van der Waals surface area contributed by atoms with Crippen molar-refractivity contribution in [1.29, 1.82) is 0 Å². The number of nitrogens with zero attached hydrogens (tertiary/aromatic N) is 2. The van der Waals surface area contributed by atoms with Gasteiger partial charge in [0.05, 0.1) is 18.8 Å². The fourth-order valence-electron chi connectivity index (χ4n) is 2.34. The van der Waals surface area contributed by atoms with E-state index < -0.39 is 0 Å². The van der Waals surface area contributed by atoms with E-state index in [0.717, 1.165) is 39.2 Å². The average Bonchev–Trinajstić information content (AvgIpc) is 2.34. The van der Waals surface area contributed by atoms with Gasteiger partial charge in [-0.05, 0) is 27.3 Å². The Morgan fingerprint density at radius 3 is 2.67 bits per heavy atom. The summed E-state index contributed by atoms with van der Waals surface area (Å²) in [5.41, 5.74) is 0. The minimum atomic E-state index is 0.0502. The van der Waals surface area contributed by atoms with Crippen LogP contribution in [0.2, 0.25) is 0 Å². The van der Waals surface area contributed by atoms with Gasteiger partial charge >= 0.3 is 0 Å². The summed E-state index contributed by atoms with van der Waals surface area (Å²) in [6.07, 6.45) is 1.24. The fourth-order valence-corrected chi connectivity index (χ4v) is 2.55. The van der Waals surface area contributed by atoms with Crippen molar-refractivity contribution in [3.63, 3.8) is 0 Å². The van der Waals surface area contributed by atoms with Crippen molar-refractivity contribution < 1.29 is 9.53 Å². The molecule has 0 radical (unpaired) electrons. The number of likely N-dealkylation sites (N-methyl/N-ethyl adjacent to an activating group) is 1. The lowest BCUT2D eigenvalue weighted by Gasteiger charge is -2.40. The highest BCUT2D eigenvalue weighted by Crippen LogP contribution is 2.18. The van der Waals surface area contributed by atoms with E-state index in [-0.39, 0.29) is 18.1 Å². The maximum absolute atomic E-state index is 12.1. The van der Waals surface area contributed by atoms with Gasteiger partial charge in [0.15, 0.2) is 0 Å². The van der Waals surface area contributed by atoms with E-state index in [4.69, 9.17) is 4.74 Å². The molecule has 1 heterocycles. The number of rotatable bonds is 10. The van der Waals surface area contributed by atoms with Gasteiger partial charge in [0.2, 0.25) is 5.91 Å². The third-order valence-corrected chi connectivity index (χ3v) is 3.81. The van der Waals surface area contributed by atoms with E-state index in [0.29, 0.717) is 11.8 Å². The Bertz CT molecular complexity index is 313. The molecule has 2 unspecified atom stereocenters. The number of hydrogen-bond donors (Lipinski definition) is 2. The van der Waals surface area contributed by atoms with Gasteiger partial charge in [0.25, 0.3) is 0 Å². The maximum Gasteiger partial charge on any atom is 0.237 e. The molecule has 124 valence electrons. The predicted octanol–water partition coefficient (Wildman–Crippen LogP) is 0.852. The quantitative estimate of drug-likeness (QED) is 0.587. The van der Waals surface area contributed by atoms with Crippen molar-refractivity contribution >= 4 is 18.5 Å². The van der Waals surface area contributed by atoms with Gasteiger partial charge in [0.1, 0.15) is 0 Å². The summed E-state index contributed by atoms with van der Waals surface area (Å²) >= 11 is 4.39. The average molecular weight is 317 g/mol. The molecule has 1 fully saturated rings. The smallest absolute Gasteiger partial charge is 0.237 e. The highest BCUT2D eigenvalue weighted by Gasteiger charge is 2.33. The normalized spacial score (nSPS) is 20.6. The molecule has 1 aliphatic rings. The second-order valence-electron chi connectivity index (χ2n) is 6.16. The molecule has 21 heavy (non-hydrogen) atoms. The van der Waals surface area contributed by atoms with Crippen LogP contribution < -0.4 is 5.32 Å². The Kier molecular flexibility index (Phi) is 8.63. The molecule has 1 saturated heterocycles. The largest absolute Gasteiger partial charge is 0.377 e. The van der Waals surface area contributed by atoms with E-state index in [9.17, 15) is 4.79 Å². The lowest BCUT2D eigenvalue weighted by Crippen LogP contribution is -2.57. The molecule has 6 heteroatoms. The molecule has 2 atom stereocenters. The molecule has 1 N–H and O–H groups in total. The number of amides is 1. The summed E-state index contributed by atoms with van der Waals surface area (Å²) in [6, 6.07) is 0.0502. The zero-order valence-electron chi connectivity index (χ0n) is 13.8. The summed E-state index contributed by atoms with van der Waals surface area (Å²) in [5.74, 6) is 0.155. The SMILES string of the molecule is CC(S)CN1CCC1C(=O)NCCN(C)CCOC(C)C. The molecule has 0 saturated carbocycles. The number of carbonyl (C=O) groups excluding carboxylic acids is 1. The summed E-state index contributed by atoms with van der Waals surface area (Å²) in [5, 5.41) is 3.34. The monoisotopic (exact) mass is 317 g/mol. The molecular weight excluding hydrogens is 286 g/mol. The molecule has 1 rings (SSSR count). The van der Waals surface area contributed by atoms with Gasteiger partial charge in [-0.3, -0.25) is 9.69 Å². The van der Waals surface area contributed by atoms with Crippen LogP contribution in [-0.4, -0.2) is 79.5 Å². The number of carbonyl (C=O) groups is 1. The first-order chi connectivity index (χ1) is 9.90. The summed E-state index contributed by atoms with van der Waals surface area (Å²) in [6.45, 7) is 11.2. The van der Waals surface area contributed by atoms with Crippen LogP contribution in [0.25, 0.3) is 0 Å². The first-order valence-corrected chi connectivity index (χ1v) is 8.41. The third kappa shape index (κ3) is 7.49. The highest BCUT2D eigenvalue weighted by molar-refractivity contribution is 7.80. The molecule has 0 aliphatic carbocycles. The van der Waals surface area contributed by atoms with E-state index in [1.54, 1.807) is 0 Å². The van der Waals surface area contributed by atoms with Gasteiger partial charge in [-0.25, -0.2) is 0 Å². The number of thiol groups is 1. The van der Waals surface area contributed by atoms with Crippen molar-refractivity contribution in [2.45, 2.75) is 44.6 Å². The number of ether oxygens (including phenoxy) is 1. The van der Waals surface area contributed by atoms with Crippen molar-refractivity contribution in [2.75, 3.05) is 46.4 Å². The van der Waals surface area contributed by atoms with Crippen LogP contribution in [0.4, 0.5) is 0 Å². The molecule has 1 amide bonds. The predicted molar refractivity (Wildman–Crippen MR) is 90.0 cm³/mol. The van der Waals surface area contributed by atoms with E-state index in [1.807, 2.05) is 20.9 Å². The Labute approximate surface area is 134 Å². The third-order valence-electron chi connectivity index (χ3n) is 3.65. The van der Waals surface area contributed by atoms with Crippen LogP contribution in [0.15, 0.2) is 0 Å². The molecular formula is C15H31N3O2S. The molecule has 0 aromatic heterocycles. The Hall–Kier alpha value is -0.300. The lowest BCUT2D eigenvalue weighted by molar-refractivity contribution is -0.130. The van der Waals surface area contributed by atoms with Crippen LogP contribution in [0.1, 0.15) is 27.2 Å². The maximum atomic E-state index is 12.1. The van der Waals surface area contributed by atoms with Gasteiger partial charge in [-0.1, -0.05) is 6.92 Å². The summed E-state index contributed by atoms with van der Waals surface area (Å²) in [4.78, 5) is 16.5. The van der Waals surface area contributed by atoms with Crippen molar-refractivity contribution in [2.24, 2.45) is 0 Å². The molecule has 0 aromatic carbocycles. The topological polar surface area (TPSA) is 44.8 Å². The van der Waals surface area contributed by atoms with Crippen LogP contribution in [-0.2, 0) is 9.53 Å². The zero-order valence-corrected chi connectivity index (χ0v) is 14.7. The Morgan fingerprint density at radius 2 is 2.14 bits per heavy atom. The fraction of sp³-hybridized carbons (Fsp3) is 0.933. The van der Waals surface area contributed by atoms with Crippen LogP contribution in [0.5, 0.6) is 0 Å². The molecule has 0 bridgehead atoms. The lowest BCUT2D eigenvalue weighted by atomic mass is 10.0. The summed E-state index contributed by atoms with van der Waals surface area (Å²) < 4.78 is 5.51. The first kappa shape index (κ1) is 18.7. The molecule has 0 aromatic rings. The minimum Gasteiger partial charge on any atom is -0.377 e. The van der Waals surface area contributed by atoms with Crippen LogP contribution in [0, 0.1) is 0 Å². The second-order valence-corrected chi connectivity index (χ2v) is 7.04. The van der Waals surface area contributed by atoms with Crippen LogP contribution >= 0.6 is 12.6 Å². The van der Waals surface area contributed by atoms with Crippen molar-refractivity contribution in [1.82, 2.24) is 15.1 Å². The minimum absolute atomic E-state index is 0.0502. The van der Waals surface area contributed by atoms with Gasteiger partial charge < -0.3 is 15.0 Å². The van der Waals surface area contributed by atoms with E-state index >= 15 is 0 Å². The highest BCUT2D eigenvalue weighted by atomic mass is 32.1.